The highest BCUT2D eigenvalue weighted by molar-refractivity contribution is 7.98. The number of nitrogens with zero attached hydrogens (tertiary/aromatic N) is 3. The first-order chi connectivity index (χ1) is 11.6. The summed E-state index contributed by atoms with van der Waals surface area (Å²) in [6, 6.07) is 6.94. The van der Waals surface area contributed by atoms with Crippen molar-refractivity contribution in [1.29, 1.82) is 0 Å². The van der Waals surface area contributed by atoms with Gasteiger partial charge in [-0.1, -0.05) is 48.5 Å². The molecule has 0 radical (unpaired) electrons. The van der Waals surface area contributed by atoms with Crippen molar-refractivity contribution in [2.45, 2.75) is 24.5 Å². The zero-order chi connectivity index (χ0) is 17.3. The number of fused-ring (bicyclic) bond motifs is 1. The first kappa shape index (κ1) is 16.9. The van der Waals surface area contributed by atoms with Crippen LogP contribution in [0.5, 0.6) is 0 Å². The van der Waals surface area contributed by atoms with E-state index >= 15 is 0 Å². The lowest BCUT2D eigenvalue weighted by Gasteiger charge is -2.29. The van der Waals surface area contributed by atoms with Gasteiger partial charge in [-0.3, -0.25) is 0 Å². The smallest absolute Gasteiger partial charge is 0.338 e. The number of nitrogens with one attached hydrogen (secondary N) is 1. The third-order valence-electron chi connectivity index (χ3n) is 3.86. The highest BCUT2D eigenvalue weighted by Gasteiger charge is 2.36. The summed E-state index contributed by atoms with van der Waals surface area (Å²) in [6.45, 7) is 1.97. The van der Waals surface area contributed by atoms with Crippen LogP contribution >= 0.6 is 23.4 Å². The Morgan fingerprint density at radius 2 is 2.21 bits per heavy atom. The summed E-state index contributed by atoms with van der Waals surface area (Å²) in [5.74, 6) is 0.185. The Labute approximate surface area is 149 Å². The van der Waals surface area contributed by atoms with Crippen LogP contribution in [0.2, 0.25) is 5.02 Å². The minimum absolute atomic E-state index is 0.406. The number of ether oxygens (including phenoxy) is 1. The van der Waals surface area contributed by atoms with Crippen LogP contribution in [0.25, 0.3) is 0 Å². The van der Waals surface area contributed by atoms with E-state index in [4.69, 9.17) is 16.3 Å². The first-order valence-electron chi connectivity index (χ1n) is 7.44. The Bertz CT molecular complexity index is 818. The normalized spacial score (nSPS) is 16.6. The van der Waals surface area contributed by atoms with Gasteiger partial charge in [-0.25, -0.2) is 9.48 Å². The number of carbonyl (C=O) groups excluding carboxylic acids is 1. The maximum absolute atomic E-state index is 12.5. The topological polar surface area (TPSA) is 69.0 Å². The zero-order valence-corrected chi connectivity index (χ0v) is 15.1. The molecule has 1 aromatic heterocycles. The molecule has 1 aliphatic rings. The Balaban J connectivity index is 2.26. The number of halogens is 1. The number of methoxy groups -OCH3 is 1. The average molecular weight is 365 g/mol. The van der Waals surface area contributed by atoms with Gasteiger partial charge in [-0.15, -0.1) is 5.10 Å². The molecule has 1 atom stereocenters. The molecule has 0 saturated carbocycles. The fraction of sp³-hybridized carbons (Fsp3) is 0.312. The molecule has 24 heavy (non-hydrogen) atoms. The molecule has 0 amide bonds. The molecule has 6 nitrogen and oxygen atoms in total. The standard InChI is InChI=1S/C16H17ClN4O2S/c1-4-11-12(14(22)23-2)13(9-7-5-6-8-10(9)17)21-15(18-11)19-16(20-21)24-3/h5-8,13H,4H2,1-3H3,(H,18,19,20)/t13-/m1/s1. The Morgan fingerprint density at radius 1 is 1.46 bits per heavy atom. The molecule has 0 aliphatic carbocycles. The van der Waals surface area contributed by atoms with E-state index in [9.17, 15) is 4.79 Å². The Kier molecular flexibility index (Phi) is 4.82. The molecule has 0 saturated heterocycles. The van der Waals surface area contributed by atoms with Gasteiger partial charge in [0.25, 0.3) is 0 Å². The largest absolute Gasteiger partial charge is 0.466 e. The fourth-order valence-electron chi connectivity index (χ4n) is 2.75. The van der Waals surface area contributed by atoms with E-state index in [1.807, 2.05) is 31.4 Å². The summed E-state index contributed by atoms with van der Waals surface area (Å²) in [5.41, 5.74) is 2.04. The Morgan fingerprint density at radius 3 is 2.83 bits per heavy atom. The third-order valence-corrected chi connectivity index (χ3v) is 4.74. The second-order valence-corrected chi connectivity index (χ2v) is 6.33. The van der Waals surface area contributed by atoms with Crippen LogP contribution in [0.3, 0.4) is 0 Å². The third kappa shape index (κ3) is 2.78. The molecule has 0 spiro atoms. The summed E-state index contributed by atoms with van der Waals surface area (Å²) < 4.78 is 6.71. The lowest BCUT2D eigenvalue weighted by molar-refractivity contribution is -0.136. The van der Waals surface area contributed by atoms with E-state index in [2.05, 4.69) is 15.4 Å². The molecule has 0 fully saturated rings. The van der Waals surface area contributed by atoms with Gasteiger partial charge in [0.05, 0.1) is 12.7 Å². The van der Waals surface area contributed by atoms with E-state index in [-0.39, 0.29) is 0 Å². The van der Waals surface area contributed by atoms with Crippen molar-refractivity contribution >= 4 is 35.3 Å². The molecule has 1 aromatic carbocycles. The van der Waals surface area contributed by atoms with Crippen LogP contribution in [-0.2, 0) is 9.53 Å². The van der Waals surface area contributed by atoms with Gasteiger partial charge < -0.3 is 10.1 Å². The number of hydrogen-bond donors (Lipinski definition) is 1. The predicted octanol–water partition coefficient (Wildman–Crippen LogP) is 3.51. The summed E-state index contributed by atoms with van der Waals surface area (Å²) in [4.78, 5) is 17.0. The van der Waals surface area contributed by atoms with E-state index in [0.29, 0.717) is 28.1 Å². The van der Waals surface area contributed by atoms with Gasteiger partial charge in [-0.05, 0) is 18.7 Å². The number of thioether (sulfide) groups is 1. The molecule has 2 aromatic rings. The number of allylic oxidation sites excluding steroid dienone is 1. The SMILES string of the molecule is CCC1=C(C(=O)OC)[C@@H](c2ccccc2Cl)n2nc(SC)nc2N1. The monoisotopic (exact) mass is 364 g/mol. The maximum atomic E-state index is 12.5. The number of esters is 1. The second kappa shape index (κ2) is 6.86. The fourth-order valence-corrected chi connectivity index (χ4v) is 3.34. The summed E-state index contributed by atoms with van der Waals surface area (Å²) in [7, 11) is 1.37. The highest BCUT2D eigenvalue weighted by Crippen LogP contribution is 2.39. The number of anilines is 1. The van der Waals surface area contributed by atoms with Crippen LogP contribution in [0, 0.1) is 0 Å². The predicted molar refractivity (Wildman–Crippen MR) is 94.3 cm³/mol. The van der Waals surface area contributed by atoms with Crippen LogP contribution in [0.4, 0.5) is 5.95 Å². The molecule has 8 heteroatoms. The first-order valence-corrected chi connectivity index (χ1v) is 9.04. The number of rotatable bonds is 4. The Hall–Kier alpha value is -1.99. The van der Waals surface area contributed by atoms with Crippen molar-refractivity contribution in [3.05, 3.63) is 46.1 Å². The van der Waals surface area contributed by atoms with E-state index < -0.39 is 12.0 Å². The zero-order valence-electron chi connectivity index (χ0n) is 13.5. The van der Waals surface area contributed by atoms with Crippen LogP contribution < -0.4 is 5.32 Å². The molecule has 0 bridgehead atoms. The lowest BCUT2D eigenvalue weighted by atomic mass is 9.94. The average Bonchev–Trinajstić information content (AvgIpc) is 3.03. The molecular formula is C16H17ClN4O2S. The minimum Gasteiger partial charge on any atom is -0.466 e. The van der Waals surface area contributed by atoms with Gasteiger partial charge in [0.1, 0.15) is 6.04 Å². The highest BCUT2D eigenvalue weighted by atomic mass is 35.5. The van der Waals surface area contributed by atoms with Gasteiger partial charge >= 0.3 is 5.97 Å². The number of hydrogen-bond acceptors (Lipinski definition) is 6. The summed E-state index contributed by atoms with van der Waals surface area (Å²) in [6.07, 6.45) is 2.54. The van der Waals surface area contributed by atoms with Crippen molar-refractivity contribution in [1.82, 2.24) is 14.8 Å². The number of aromatic nitrogens is 3. The van der Waals surface area contributed by atoms with Gasteiger partial charge in [0, 0.05) is 16.3 Å². The van der Waals surface area contributed by atoms with Gasteiger partial charge in [0.15, 0.2) is 0 Å². The molecule has 2 heterocycles. The van der Waals surface area contributed by atoms with Gasteiger partial charge in [-0.2, -0.15) is 4.98 Å². The molecule has 3 rings (SSSR count). The summed E-state index contributed by atoms with van der Waals surface area (Å²) >= 11 is 7.84. The van der Waals surface area contributed by atoms with Crippen molar-refractivity contribution in [2.75, 3.05) is 18.7 Å². The maximum Gasteiger partial charge on any atom is 0.338 e. The van der Waals surface area contributed by atoms with Crippen molar-refractivity contribution in [3.63, 3.8) is 0 Å². The number of carbonyl (C=O) groups is 1. The number of benzene rings is 1. The van der Waals surface area contributed by atoms with E-state index in [1.165, 1.54) is 18.9 Å². The van der Waals surface area contributed by atoms with E-state index in [0.717, 1.165) is 11.3 Å². The van der Waals surface area contributed by atoms with E-state index in [1.54, 1.807) is 10.7 Å². The lowest BCUT2D eigenvalue weighted by Crippen LogP contribution is -2.30. The molecule has 1 N–H and O–H groups in total. The van der Waals surface area contributed by atoms with Crippen LogP contribution in [-0.4, -0.2) is 34.1 Å². The molecule has 1 aliphatic heterocycles. The molecule has 0 unspecified atom stereocenters. The quantitative estimate of drug-likeness (QED) is 0.661. The summed E-state index contributed by atoms with van der Waals surface area (Å²) in [5, 5.41) is 8.89. The van der Waals surface area contributed by atoms with Crippen molar-refractivity contribution < 1.29 is 9.53 Å². The molecule has 126 valence electrons. The van der Waals surface area contributed by atoms with Crippen LogP contribution in [0.1, 0.15) is 24.9 Å². The van der Waals surface area contributed by atoms with Gasteiger partial charge in [0.2, 0.25) is 11.1 Å². The van der Waals surface area contributed by atoms with Crippen molar-refractivity contribution in [3.8, 4) is 0 Å². The minimum atomic E-state index is -0.481. The molecular weight excluding hydrogens is 348 g/mol. The van der Waals surface area contributed by atoms with Crippen molar-refractivity contribution in [2.24, 2.45) is 0 Å². The second-order valence-electron chi connectivity index (χ2n) is 5.15. The van der Waals surface area contributed by atoms with Crippen LogP contribution in [0.15, 0.2) is 40.7 Å².